The number of hydrogen-bond acceptors (Lipinski definition) is 5. The number of guanidine groups is 1. The number of aromatic nitrogens is 1. The van der Waals surface area contributed by atoms with Gasteiger partial charge in [0.2, 0.25) is 10.0 Å². The first-order valence-corrected chi connectivity index (χ1v) is 12.1. The molecule has 2 N–H and O–H groups in total. The first-order chi connectivity index (χ1) is 13.8. The summed E-state index contributed by atoms with van der Waals surface area (Å²) in [7, 11) is -1.87. The van der Waals surface area contributed by atoms with E-state index in [9.17, 15) is 8.42 Å². The highest BCUT2D eigenvalue weighted by molar-refractivity contribution is 14.0. The van der Waals surface area contributed by atoms with E-state index in [2.05, 4.69) is 27.5 Å². The lowest BCUT2D eigenvalue weighted by molar-refractivity contribution is 0.410. The van der Waals surface area contributed by atoms with Crippen molar-refractivity contribution < 1.29 is 8.42 Å². The largest absolute Gasteiger partial charge is 0.357 e. The molecule has 1 heterocycles. The van der Waals surface area contributed by atoms with Crippen LogP contribution in [0.15, 0.2) is 40.4 Å². The van der Waals surface area contributed by atoms with Gasteiger partial charge in [0.05, 0.1) is 18.0 Å². The van der Waals surface area contributed by atoms with Crippen molar-refractivity contribution in [2.75, 3.05) is 13.6 Å². The molecule has 7 nitrogen and oxygen atoms in total. The molecule has 168 valence electrons. The van der Waals surface area contributed by atoms with E-state index in [1.54, 1.807) is 30.5 Å². The van der Waals surface area contributed by atoms with E-state index < -0.39 is 10.0 Å². The van der Waals surface area contributed by atoms with Crippen LogP contribution in [-0.4, -0.2) is 43.3 Å². The Morgan fingerprint density at radius 3 is 2.40 bits per heavy atom. The Balaban J connectivity index is 0.00000450. The Hall–Kier alpha value is -1.24. The van der Waals surface area contributed by atoms with Crippen molar-refractivity contribution in [1.82, 2.24) is 19.9 Å². The number of benzene rings is 1. The zero-order valence-electron chi connectivity index (χ0n) is 18.2. The molecule has 2 aromatic rings. The van der Waals surface area contributed by atoms with E-state index in [0.717, 1.165) is 23.5 Å². The van der Waals surface area contributed by atoms with Crippen molar-refractivity contribution in [2.45, 2.75) is 58.1 Å². The molecule has 1 aromatic heterocycles. The van der Waals surface area contributed by atoms with Crippen LogP contribution in [0.4, 0.5) is 0 Å². The molecule has 0 aliphatic carbocycles. The quantitative estimate of drug-likeness (QED) is 0.276. The van der Waals surface area contributed by atoms with Crippen LogP contribution < -0.4 is 10.6 Å². The summed E-state index contributed by atoms with van der Waals surface area (Å²) in [6.45, 7) is 9.66. The number of aliphatic imine (C=N–C) groups is 1. The van der Waals surface area contributed by atoms with Gasteiger partial charge in [0, 0.05) is 30.7 Å². The van der Waals surface area contributed by atoms with Gasteiger partial charge in [0.15, 0.2) is 5.96 Å². The minimum atomic E-state index is -3.47. The molecule has 0 bridgehead atoms. The van der Waals surface area contributed by atoms with Crippen LogP contribution in [0, 0.1) is 0 Å². The number of nitrogens with one attached hydrogen (secondary N) is 2. The Morgan fingerprint density at radius 1 is 1.20 bits per heavy atom. The topological polar surface area (TPSA) is 86.7 Å². The van der Waals surface area contributed by atoms with Crippen LogP contribution in [0.1, 0.15) is 43.1 Å². The summed E-state index contributed by atoms with van der Waals surface area (Å²) in [6.07, 6.45) is 2.91. The molecular weight excluding hydrogens is 533 g/mol. The van der Waals surface area contributed by atoms with Crippen LogP contribution >= 0.6 is 35.3 Å². The Bertz CT molecular complexity index is 912. The highest BCUT2D eigenvalue weighted by atomic mass is 127. The molecule has 0 saturated carbocycles. The molecule has 10 heteroatoms. The van der Waals surface area contributed by atoms with Gasteiger partial charge in [-0.25, -0.2) is 18.4 Å². The number of hydrogen-bond donors (Lipinski definition) is 2. The standard InChI is InChI=1S/C20H31N5O2S2.HI/c1-6-17-13-22-19(28-17)14-24-20(21-7-2)23-12-16-8-10-18(11-9-16)29(26,27)25(5)15(3)4;/h8-11,13,15H,6-7,12,14H2,1-5H3,(H2,21,23,24);1H. The average Bonchev–Trinajstić information content (AvgIpc) is 3.17. The van der Waals surface area contributed by atoms with E-state index in [0.29, 0.717) is 23.9 Å². The lowest BCUT2D eigenvalue weighted by Gasteiger charge is -2.21. The van der Waals surface area contributed by atoms with Crippen LogP contribution in [0.2, 0.25) is 0 Å². The molecule has 0 aliphatic heterocycles. The summed E-state index contributed by atoms with van der Waals surface area (Å²) in [6, 6.07) is 6.80. The van der Waals surface area contributed by atoms with Gasteiger partial charge in [-0.05, 0) is 44.9 Å². The highest BCUT2D eigenvalue weighted by Gasteiger charge is 2.22. The maximum atomic E-state index is 12.6. The Morgan fingerprint density at radius 2 is 1.87 bits per heavy atom. The number of aryl methyl sites for hydroxylation is 1. The number of rotatable bonds is 9. The molecule has 30 heavy (non-hydrogen) atoms. The molecule has 0 atom stereocenters. The second kappa shape index (κ2) is 12.6. The van der Waals surface area contributed by atoms with Gasteiger partial charge >= 0.3 is 0 Å². The second-order valence-corrected chi connectivity index (χ2v) is 10.1. The zero-order valence-corrected chi connectivity index (χ0v) is 22.1. The summed E-state index contributed by atoms with van der Waals surface area (Å²) < 4.78 is 26.5. The second-order valence-electron chi connectivity index (χ2n) is 6.88. The molecule has 0 aliphatic rings. The molecule has 0 fully saturated rings. The molecule has 0 spiro atoms. The van der Waals surface area contributed by atoms with Gasteiger partial charge < -0.3 is 10.6 Å². The van der Waals surface area contributed by atoms with Gasteiger partial charge in [-0.3, -0.25) is 0 Å². The van der Waals surface area contributed by atoms with Crippen LogP contribution in [0.25, 0.3) is 0 Å². The summed E-state index contributed by atoms with van der Waals surface area (Å²) in [5.74, 6) is 0.706. The SMILES string of the molecule is CCNC(=NCc1ccc(S(=O)(=O)N(C)C(C)C)cc1)NCc1ncc(CC)s1.I. The Kier molecular flexibility index (Phi) is 11.2. The van der Waals surface area contributed by atoms with E-state index in [-0.39, 0.29) is 30.0 Å². The van der Waals surface area contributed by atoms with E-state index in [1.165, 1.54) is 9.18 Å². The van der Waals surface area contributed by atoms with Crippen molar-refractivity contribution in [1.29, 1.82) is 0 Å². The summed E-state index contributed by atoms with van der Waals surface area (Å²) in [4.78, 5) is 10.6. The summed E-state index contributed by atoms with van der Waals surface area (Å²) >= 11 is 1.70. The van der Waals surface area contributed by atoms with Gasteiger partial charge in [-0.15, -0.1) is 35.3 Å². The van der Waals surface area contributed by atoms with Gasteiger partial charge in [0.1, 0.15) is 5.01 Å². The minimum absolute atomic E-state index is 0. The van der Waals surface area contributed by atoms with Crippen molar-refractivity contribution in [3.8, 4) is 0 Å². The fraction of sp³-hybridized carbons (Fsp3) is 0.500. The highest BCUT2D eigenvalue weighted by Crippen LogP contribution is 2.17. The van der Waals surface area contributed by atoms with Crippen molar-refractivity contribution in [3.63, 3.8) is 0 Å². The van der Waals surface area contributed by atoms with Crippen LogP contribution in [0.5, 0.6) is 0 Å². The van der Waals surface area contributed by atoms with Gasteiger partial charge in [-0.2, -0.15) is 4.31 Å². The van der Waals surface area contributed by atoms with E-state index in [4.69, 9.17) is 0 Å². The lowest BCUT2D eigenvalue weighted by atomic mass is 10.2. The third kappa shape index (κ3) is 7.47. The number of halogens is 1. The number of nitrogens with zero attached hydrogens (tertiary/aromatic N) is 3. The van der Waals surface area contributed by atoms with Crippen molar-refractivity contribution in [2.24, 2.45) is 4.99 Å². The van der Waals surface area contributed by atoms with Crippen molar-refractivity contribution >= 4 is 51.3 Å². The Labute approximate surface area is 201 Å². The maximum Gasteiger partial charge on any atom is 0.243 e. The number of sulfonamides is 1. The smallest absolute Gasteiger partial charge is 0.243 e. The first-order valence-electron chi connectivity index (χ1n) is 9.80. The lowest BCUT2D eigenvalue weighted by Crippen LogP contribution is -2.36. The predicted octanol–water partition coefficient (Wildman–Crippen LogP) is 3.61. The molecule has 0 amide bonds. The van der Waals surface area contributed by atoms with E-state index in [1.807, 2.05) is 39.1 Å². The molecular formula is C20H32IN5O2S2. The molecule has 0 unspecified atom stereocenters. The average molecular weight is 566 g/mol. The van der Waals surface area contributed by atoms with Crippen LogP contribution in [-0.2, 0) is 29.5 Å². The molecule has 1 aromatic carbocycles. The molecule has 2 rings (SSSR count). The fourth-order valence-electron chi connectivity index (χ4n) is 2.48. The normalized spacial score (nSPS) is 12.2. The minimum Gasteiger partial charge on any atom is -0.357 e. The third-order valence-electron chi connectivity index (χ3n) is 4.45. The van der Waals surface area contributed by atoms with Gasteiger partial charge in [0.25, 0.3) is 0 Å². The zero-order chi connectivity index (χ0) is 21.4. The molecule has 0 radical (unpaired) electrons. The van der Waals surface area contributed by atoms with Crippen LogP contribution in [0.3, 0.4) is 0 Å². The van der Waals surface area contributed by atoms with E-state index >= 15 is 0 Å². The summed E-state index contributed by atoms with van der Waals surface area (Å²) in [5.41, 5.74) is 0.941. The molecule has 0 saturated heterocycles. The summed E-state index contributed by atoms with van der Waals surface area (Å²) in [5, 5.41) is 7.54. The predicted molar refractivity (Wildman–Crippen MR) is 135 cm³/mol. The maximum absolute atomic E-state index is 12.6. The monoisotopic (exact) mass is 565 g/mol. The third-order valence-corrected chi connectivity index (χ3v) is 7.64. The van der Waals surface area contributed by atoms with Crippen molar-refractivity contribution in [3.05, 3.63) is 45.9 Å². The van der Waals surface area contributed by atoms with Gasteiger partial charge in [-0.1, -0.05) is 19.1 Å². The number of thiazole rings is 1. The first kappa shape index (κ1) is 26.8. The fourth-order valence-corrected chi connectivity index (χ4v) is 4.65.